The molecule has 21 heavy (non-hydrogen) atoms. The molecule has 2 aromatic rings. The Labute approximate surface area is 127 Å². The van der Waals surface area contributed by atoms with Gasteiger partial charge in [-0.15, -0.1) is 0 Å². The molecule has 0 fully saturated rings. The zero-order valence-corrected chi connectivity index (χ0v) is 13.4. The van der Waals surface area contributed by atoms with Gasteiger partial charge in [-0.2, -0.15) is 5.10 Å². The number of benzene rings is 1. The van der Waals surface area contributed by atoms with Gasteiger partial charge in [0, 0.05) is 18.3 Å². The summed E-state index contributed by atoms with van der Waals surface area (Å²) in [5, 5.41) is 8.01. The normalized spacial score (nSPS) is 12.4. The Balaban J connectivity index is 2.32. The minimum atomic E-state index is 0.176. The molecule has 0 aliphatic rings. The van der Waals surface area contributed by atoms with Gasteiger partial charge < -0.3 is 10.1 Å². The summed E-state index contributed by atoms with van der Waals surface area (Å²) in [6.45, 7) is 8.23. The summed E-state index contributed by atoms with van der Waals surface area (Å²) in [6.07, 6.45) is 5.18. The third kappa shape index (κ3) is 3.64. The van der Waals surface area contributed by atoms with Gasteiger partial charge in [0.05, 0.1) is 19.3 Å². The first kappa shape index (κ1) is 15.6. The smallest absolute Gasteiger partial charge is 0.121 e. The Morgan fingerprint density at radius 1 is 1.29 bits per heavy atom. The van der Waals surface area contributed by atoms with Crippen LogP contribution in [-0.2, 0) is 6.54 Å². The van der Waals surface area contributed by atoms with E-state index in [9.17, 15) is 0 Å². The number of ether oxygens (including phenoxy) is 1. The van der Waals surface area contributed by atoms with Crippen LogP contribution in [0.3, 0.4) is 0 Å². The zero-order valence-electron chi connectivity index (χ0n) is 13.4. The topological polar surface area (TPSA) is 39.1 Å². The lowest BCUT2D eigenvalue weighted by Crippen LogP contribution is -2.23. The van der Waals surface area contributed by atoms with Crippen molar-refractivity contribution in [2.45, 2.75) is 39.8 Å². The van der Waals surface area contributed by atoms with Crippen LogP contribution in [0.25, 0.3) is 0 Å². The second-order valence-corrected chi connectivity index (χ2v) is 5.25. The lowest BCUT2D eigenvalue weighted by Gasteiger charge is -2.19. The third-order valence-electron chi connectivity index (χ3n) is 3.66. The molecule has 1 aromatic carbocycles. The molecule has 0 spiro atoms. The average Bonchev–Trinajstić information content (AvgIpc) is 2.96. The van der Waals surface area contributed by atoms with E-state index in [0.29, 0.717) is 0 Å². The zero-order chi connectivity index (χ0) is 15.2. The Morgan fingerprint density at radius 2 is 2.10 bits per heavy atom. The van der Waals surface area contributed by atoms with Gasteiger partial charge in [-0.1, -0.05) is 19.1 Å². The van der Waals surface area contributed by atoms with Gasteiger partial charge in [0.2, 0.25) is 0 Å². The first-order chi connectivity index (χ1) is 10.2. The van der Waals surface area contributed by atoms with Gasteiger partial charge >= 0.3 is 0 Å². The van der Waals surface area contributed by atoms with Gasteiger partial charge in [-0.3, -0.25) is 4.68 Å². The maximum atomic E-state index is 5.35. The molecule has 4 heteroatoms. The van der Waals surface area contributed by atoms with Crippen LogP contribution in [0.4, 0.5) is 0 Å². The molecule has 2 rings (SSSR count). The number of nitrogens with zero attached hydrogens (tertiary/aromatic N) is 2. The molecule has 1 aromatic heterocycles. The molecule has 0 radical (unpaired) electrons. The summed E-state index contributed by atoms with van der Waals surface area (Å²) in [7, 11) is 1.71. The number of nitrogens with one attached hydrogen (secondary N) is 1. The van der Waals surface area contributed by atoms with Gasteiger partial charge in [0.1, 0.15) is 5.75 Å². The van der Waals surface area contributed by atoms with E-state index in [0.717, 1.165) is 30.8 Å². The standard InChI is InChI=1S/C17H25N3O/c1-5-9-18-17(15-11-19-20(6-2)12-15)14-7-8-16(21-4)13(3)10-14/h7-8,10-12,17-18H,5-6,9H2,1-4H3. The lowest BCUT2D eigenvalue weighted by molar-refractivity contribution is 0.411. The fraction of sp³-hybridized carbons (Fsp3) is 0.471. The van der Waals surface area contributed by atoms with Crippen molar-refractivity contribution in [3.05, 3.63) is 47.3 Å². The summed E-state index contributed by atoms with van der Waals surface area (Å²) in [5.41, 5.74) is 3.61. The van der Waals surface area contributed by atoms with Crippen LogP contribution in [-0.4, -0.2) is 23.4 Å². The molecule has 0 amide bonds. The van der Waals surface area contributed by atoms with E-state index in [1.54, 1.807) is 7.11 Å². The van der Waals surface area contributed by atoms with Crippen molar-refractivity contribution in [1.82, 2.24) is 15.1 Å². The Morgan fingerprint density at radius 3 is 2.67 bits per heavy atom. The predicted octanol–water partition coefficient (Wildman–Crippen LogP) is 3.31. The summed E-state index contributed by atoms with van der Waals surface area (Å²) < 4.78 is 7.32. The summed E-state index contributed by atoms with van der Waals surface area (Å²) >= 11 is 0. The average molecular weight is 287 g/mol. The highest BCUT2D eigenvalue weighted by Gasteiger charge is 2.16. The molecule has 1 unspecified atom stereocenters. The lowest BCUT2D eigenvalue weighted by atomic mass is 9.99. The molecule has 114 valence electrons. The molecular formula is C17H25N3O. The SMILES string of the molecule is CCCNC(c1ccc(OC)c(C)c1)c1cnn(CC)c1. The molecule has 0 saturated carbocycles. The molecule has 1 atom stereocenters. The van der Waals surface area contributed by atoms with Crippen molar-refractivity contribution in [1.29, 1.82) is 0 Å². The molecule has 1 N–H and O–H groups in total. The molecule has 0 aliphatic heterocycles. The maximum Gasteiger partial charge on any atom is 0.121 e. The molecule has 1 heterocycles. The second-order valence-electron chi connectivity index (χ2n) is 5.25. The number of hydrogen-bond donors (Lipinski definition) is 1. The van der Waals surface area contributed by atoms with Crippen molar-refractivity contribution < 1.29 is 4.74 Å². The number of aromatic nitrogens is 2. The number of hydrogen-bond acceptors (Lipinski definition) is 3. The van der Waals surface area contributed by atoms with Crippen LogP contribution in [0.2, 0.25) is 0 Å². The fourth-order valence-electron chi connectivity index (χ4n) is 2.50. The highest BCUT2D eigenvalue weighted by atomic mass is 16.5. The first-order valence-electron chi connectivity index (χ1n) is 7.59. The fourth-order valence-corrected chi connectivity index (χ4v) is 2.50. The van der Waals surface area contributed by atoms with Crippen LogP contribution in [0.5, 0.6) is 5.75 Å². The van der Waals surface area contributed by atoms with E-state index < -0.39 is 0 Å². The Hall–Kier alpha value is -1.81. The van der Waals surface area contributed by atoms with Crippen LogP contribution >= 0.6 is 0 Å². The number of methoxy groups -OCH3 is 1. The second kappa shape index (κ2) is 7.27. The van der Waals surface area contributed by atoms with E-state index in [1.807, 2.05) is 16.9 Å². The number of rotatable bonds is 7. The summed E-state index contributed by atoms with van der Waals surface area (Å²) in [4.78, 5) is 0. The highest BCUT2D eigenvalue weighted by molar-refractivity contribution is 5.40. The minimum Gasteiger partial charge on any atom is -0.496 e. The molecular weight excluding hydrogens is 262 g/mol. The largest absolute Gasteiger partial charge is 0.496 e. The summed E-state index contributed by atoms with van der Waals surface area (Å²) in [6, 6.07) is 6.53. The van der Waals surface area contributed by atoms with Crippen LogP contribution in [0.1, 0.15) is 43.0 Å². The van der Waals surface area contributed by atoms with Crippen LogP contribution in [0, 0.1) is 6.92 Å². The Kier molecular flexibility index (Phi) is 5.39. The quantitative estimate of drug-likeness (QED) is 0.849. The van der Waals surface area contributed by atoms with Crippen molar-refractivity contribution in [2.75, 3.05) is 13.7 Å². The van der Waals surface area contributed by atoms with Gasteiger partial charge in [-0.05, 0) is 44.0 Å². The van der Waals surface area contributed by atoms with Gasteiger partial charge in [-0.25, -0.2) is 0 Å². The van der Waals surface area contributed by atoms with E-state index in [1.165, 1.54) is 11.1 Å². The highest BCUT2D eigenvalue weighted by Crippen LogP contribution is 2.26. The molecule has 0 saturated heterocycles. The van der Waals surface area contributed by atoms with Crippen molar-refractivity contribution in [3.63, 3.8) is 0 Å². The van der Waals surface area contributed by atoms with Gasteiger partial charge in [0.15, 0.2) is 0 Å². The van der Waals surface area contributed by atoms with E-state index in [4.69, 9.17) is 4.74 Å². The van der Waals surface area contributed by atoms with E-state index >= 15 is 0 Å². The van der Waals surface area contributed by atoms with Crippen LogP contribution in [0.15, 0.2) is 30.6 Å². The number of aryl methyl sites for hydroxylation is 2. The van der Waals surface area contributed by atoms with E-state index in [2.05, 4.69) is 49.5 Å². The van der Waals surface area contributed by atoms with Crippen molar-refractivity contribution >= 4 is 0 Å². The molecule has 0 aliphatic carbocycles. The minimum absolute atomic E-state index is 0.176. The van der Waals surface area contributed by atoms with Crippen molar-refractivity contribution in [2.24, 2.45) is 0 Å². The Bertz CT molecular complexity index is 577. The van der Waals surface area contributed by atoms with Crippen molar-refractivity contribution in [3.8, 4) is 5.75 Å². The summed E-state index contributed by atoms with van der Waals surface area (Å²) in [5.74, 6) is 0.928. The first-order valence-corrected chi connectivity index (χ1v) is 7.59. The monoisotopic (exact) mass is 287 g/mol. The maximum absolute atomic E-state index is 5.35. The van der Waals surface area contributed by atoms with Crippen LogP contribution < -0.4 is 10.1 Å². The molecule has 0 bridgehead atoms. The van der Waals surface area contributed by atoms with E-state index in [-0.39, 0.29) is 6.04 Å². The molecule has 4 nitrogen and oxygen atoms in total. The van der Waals surface area contributed by atoms with Gasteiger partial charge in [0.25, 0.3) is 0 Å². The third-order valence-corrected chi connectivity index (χ3v) is 3.66. The predicted molar refractivity (Wildman–Crippen MR) is 85.8 cm³/mol.